The SMILES string of the molecule is CCCC[As](=O)(CCCC)OCC. The number of unbranched alkanes of at least 4 members (excludes halogenated alkanes) is 2. The second-order valence-corrected chi connectivity index (χ2v) is 9.22. The molecule has 0 spiro atoms. The van der Waals surface area contributed by atoms with E-state index in [-0.39, 0.29) is 0 Å². The molecule has 0 fully saturated rings. The Hall–Kier alpha value is 0.318. The summed E-state index contributed by atoms with van der Waals surface area (Å²) in [5.41, 5.74) is 0. The van der Waals surface area contributed by atoms with Crippen molar-refractivity contribution in [3.05, 3.63) is 0 Å². The van der Waals surface area contributed by atoms with Crippen molar-refractivity contribution in [2.75, 3.05) is 6.61 Å². The van der Waals surface area contributed by atoms with Gasteiger partial charge in [-0.2, -0.15) is 0 Å². The van der Waals surface area contributed by atoms with Crippen molar-refractivity contribution in [1.82, 2.24) is 0 Å². The fourth-order valence-electron chi connectivity index (χ4n) is 1.27. The Bertz CT molecular complexity index is 145. The molecule has 80 valence electrons. The Kier molecular flexibility index (Phi) is 7.89. The minimum atomic E-state index is -2.88. The van der Waals surface area contributed by atoms with Crippen LogP contribution in [0.4, 0.5) is 0 Å². The van der Waals surface area contributed by atoms with Crippen LogP contribution in [0.2, 0.25) is 10.4 Å². The summed E-state index contributed by atoms with van der Waals surface area (Å²) in [4.78, 5) is 0. The third-order valence-electron chi connectivity index (χ3n) is 2.07. The van der Waals surface area contributed by atoms with Gasteiger partial charge in [-0.3, -0.25) is 0 Å². The molecular weight excluding hydrogens is 227 g/mol. The van der Waals surface area contributed by atoms with Gasteiger partial charge in [0, 0.05) is 0 Å². The molecule has 0 aliphatic rings. The van der Waals surface area contributed by atoms with Crippen molar-refractivity contribution in [1.29, 1.82) is 0 Å². The number of rotatable bonds is 8. The zero-order valence-electron chi connectivity index (χ0n) is 9.21. The predicted molar refractivity (Wildman–Crippen MR) is 57.5 cm³/mol. The van der Waals surface area contributed by atoms with Crippen LogP contribution in [-0.4, -0.2) is 20.4 Å². The normalized spacial score (nSPS) is 11.9. The van der Waals surface area contributed by atoms with Gasteiger partial charge in [0.05, 0.1) is 0 Å². The van der Waals surface area contributed by atoms with Gasteiger partial charge in [-0.05, 0) is 0 Å². The van der Waals surface area contributed by atoms with Gasteiger partial charge in [-0.25, -0.2) is 0 Å². The van der Waals surface area contributed by atoms with Crippen LogP contribution in [0.15, 0.2) is 0 Å². The molecule has 0 aliphatic carbocycles. The van der Waals surface area contributed by atoms with Gasteiger partial charge in [0.1, 0.15) is 0 Å². The molecule has 0 saturated carbocycles. The van der Waals surface area contributed by atoms with Gasteiger partial charge in [0.25, 0.3) is 0 Å². The van der Waals surface area contributed by atoms with Crippen LogP contribution in [0.25, 0.3) is 0 Å². The van der Waals surface area contributed by atoms with Gasteiger partial charge >= 0.3 is 84.8 Å². The van der Waals surface area contributed by atoms with Crippen molar-refractivity contribution in [2.45, 2.75) is 56.9 Å². The number of hydrogen-bond donors (Lipinski definition) is 0. The van der Waals surface area contributed by atoms with E-state index in [2.05, 4.69) is 13.8 Å². The zero-order chi connectivity index (χ0) is 10.2. The molecule has 0 rings (SSSR count). The van der Waals surface area contributed by atoms with Gasteiger partial charge < -0.3 is 0 Å². The second-order valence-electron chi connectivity index (χ2n) is 3.39. The Morgan fingerprint density at radius 3 is 1.77 bits per heavy atom. The Balaban J connectivity index is 3.92. The summed E-state index contributed by atoms with van der Waals surface area (Å²) >= 11 is -2.88. The summed E-state index contributed by atoms with van der Waals surface area (Å²) in [5, 5.41) is 1.67. The molecular formula is C10H23AsO2. The van der Waals surface area contributed by atoms with Crippen LogP contribution in [0.5, 0.6) is 0 Å². The molecule has 0 aromatic carbocycles. The molecule has 0 aromatic heterocycles. The van der Waals surface area contributed by atoms with Crippen molar-refractivity contribution >= 4 is 13.8 Å². The monoisotopic (exact) mass is 250 g/mol. The first kappa shape index (κ1) is 13.3. The average Bonchev–Trinajstić information content (AvgIpc) is 2.12. The summed E-state index contributed by atoms with van der Waals surface area (Å²) in [5.74, 6) is 0. The van der Waals surface area contributed by atoms with Crippen LogP contribution in [0.3, 0.4) is 0 Å². The van der Waals surface area contributed by atoms with Crippen LogP contribution >= 0.6 is 0 Å². The van der Waals surface area contributed by atoms with E-state index in [1.54, 1.807) is 0 Å². The van der Waals surface area contributed by atoms with Crippen LogP contribution in [0, 0.1) is 0 Å². The van der Waals surface area contributed by atoms with E-state index in [1.165, 1.54) is 0 Å². The molecule has 0 bridgehead atoms. The first-order valence-corrected chi connectivity index (χ1v) is 9.59. The van der Waals surface area contributed by atoms with Crippen molar-refractivity contribution < 1.29 is 7.47 Å². The first-order valence-electron chi connectivity index (χ1n) is 5.41. The maximum absolute atomic E-state index is 12.2. The number of hydrogen-bond acceptors (Lipinski definition) is 2. The second kappa shape index (κ2) is 7.70. The molecule has 3 heteroatoms. The van der Waals surface area contributed by atoms with Gasteiger partial charge in [0.15, 0.2) is 0 Å². The molecule has 2 nitrogen and oxygen atoms in total. The summed E-state index contributed by atoms with van der Waals surface area (Å²) in [6.45, 7) is 6.81. The fraction of sp³-hybridized carbons (Fsp3) is 1.00. The first-order chi connectivity index (χ1) is 6.18. The molecule has 0 N–H and O–H groups in total. The van der Waals surface area contributed by atoms with Crippen LogP contribution in [0.1, 0.15) is 46.5 Å². The van der Waals surface area contributed by atoms with E-state index in [9.17, 15) is 3.74 Å². The van der Waals surface area contributed by atoms with E-state index >= 15 is 0 Å². The van der Waals surface area contributed by atoms with E-state index in [1.807, 2.05) is 6.92 Å². The van der Waals surface area contributed by atoms with Crippen LogP contribution < -0.4 is 0 Å². The molecule has 0 unspecified atom stereocenters. The average molecular weight is 250 g/mol. The molecule has 0 aromatic rings. The Morgan fingerprint density at radius 1 is 1.00 bits per heavy atom. The Labute approximate surface area is 85.1 Å². The van der Waals surface area contributed by atoms with Crippen molar-refractivity contribution in [3.63, 3.8) is 0 Å². The zero-order valence-corrected chi connectivity index (χ0v) is 11.1. The standard InChI is InChI=1S/C10H23AsO2/c1-4-7-9-11(12,13-6-3)10-8-5-2/h4-10H2,1-3H3. The summed E-state index contributed by atoms with van der Waals surface area (Å²) in [6.07, 6.45) is 4.34. The van der Waals surface area contributed by atoms with Gasteiger partial charge in [-0.1, -0.05) is 0 Å². The third kappa shape index (κ3) is 6.40. The fourth-order valence-corrected chi connectivity index (χ4v) is 6.62. The van der Waals surface area contributed by atoms with E-state index in [0.29, 0.717) is 6.61 Å². The predicted octanol–water partition coefficient (Wildman–Crippen LogP) is 3.50. The third-order valence-corrected chi connectivity index (χ3v) is 7.78. The molecule has 0 radical (unpaired) electrons. The topological polar surface area (TPSA) is 26.3 Å². The Morgan fingerprint density at radius 2 is 1.46 bits per heavy atom. The summed E-state index contributed by atoms with van der Waals surface area (Å²) < 4.78 is 17.6. The molecule has 0 amide bonds. The van der Waals surface area contributed by atoms with Crippen molar-refractivity contribution in [3.8, 4) is 0 Å². The molecule has 0 heterocycles. The maximum atomic E-state index is 12.2. The van der Waals surface area contributed by atoms with Crippen molar-refractivity contribution in [2.24, 2.45) is 0 Å². The van der Waals surface area contributed by atoms with Crippen LogP contribution in [-0.2, 0) is 7.47 Å². The quantitative estimate of drug-likeness (QED) is 0.616. The molecule has 0 atom stereocenters. The van der Waals surface area contributed by atoms with E-state index in [0.717, 1.165) is 36.1 Å². The van der Waals surface area contributed by atoms with Gasteiger partial charge in [0.2, 0.25) is 0 Å². The van der Waals surface area contributed by atoms with E-state index < -0.39 is 13.8 Å². The summed E-state index contributed by atoms with van der Waals surface area (Å²) in [7, 11) is 0. The van der Waals surface area contributed by atoms with E-state index in [4.69, 9.17) is 3.73 Å². The minimum absolute atomic E-state index is 0.615. The molecule has 0 saturated heterocycles. The molecule has 0 aliphatic heterocycles. The summed E-state index contributed by atoms with van der Waals surface area (Å²) in [6, 6.07) is 0. The van der Waals surface area contributed by atoms with Gasteiger partial charge in [-0.15, -0.1) is 0 Å². The molecule has 13 heavy (non-hydrogen) atoms.